The van der Waals surface area contributed by atoms with Crippen LogP contribution in [0.5, 0.6) is 0 Å². The Morgan fingerprint density at radius 1 is 1.38 bits per heavy atom. The molecule has 0 bridgehead atoms. The summed E-state index contributed by atoms with van der Waals surface area (Å²) in [5, 5.41) is 0.579. The summed E-state index contributed by atoms with van der Waals surface area (Å²) in [6.07, 6.45) is 9.00. The highest BCUT2D eigenvalue weighted by molar-refractivity contribution is 6.32. The molecular formula is C12H13Cl. The van der Waals surface area contributed by atoms with Gasteiger partial charge in [-0.3, -0.25) is 0 Å². The molecule has 0 aromatic rings. The van der Waals surface area contributed by atoms with Gasteiger partial charge in [0.2, 0.25) is 0 Å². The maximum atomic E-state index is 5.79. The van der Waals surface area contributed by atoms with Crippen LogP contribution in [0.25, 0.3) is 0 Å². The van der Waals surface area contributed by atoms with Crippen LogP contribution in [0.1, 0.15) is 13.3 Å². The van der Waals surface area contributed by atoms with E-state index in [4.69, 9.17) is 11.6 Å². The molecule has 13 heavy (non-hydrogen) atoms. The molecule has 0 spiro atoms. The Morgan fingerprint density at radius 3 is 2.62 bits per heavy atom. The Hall–Kier alpha value is -1.01. The fourth-order valence-corrected chi connectivity index (χ4v) is 1.25. The monoisotopic (exact) mass is 192 g/mol. The van der Waals surface area contributed by atoms with Gasteiger partial charge < -0.3 is 0 Å². The van der Waals surface area contributed by atoms with Gasteiger partial charge in [-0.25, -0.2) is 0 Å². The highest BCUT2D eigenvalue weighted by Crippen LogP contribution is 2.21. The Balaban J connectivity index is 2.95. The van der Waals surface area contributed by atoms with Crippen LogP contribution in [0.15, 0.2) is 59.2 Å². The van der Waals surface area contributed by atoms with Gasteiger partial charge in [0.05, 0.1) is 0 Å². The molecule has 0 aromatic heterocycles. The largest absolute Gasteiger partial charge is 0.0958 e. The van der Waals surface area contributed by atoms with Crippen LogP contribution in [0.3, 0.4) is 0 Å². The van der Waals surface area contributed by atoms with E-state index in [-0.39, 0.29) is 0 Å². The van der Waals surface area contributed by atoms with Crippen LogP contribution in [-0.4, -0.2) is 0 Å². The topological polar surface area (TPSA) is 0 Å². The predicted molar refractivity (Wildman–Crippen MR) is 59.7 cm³/mol. The number of allylic oxidation sites excluding steroid dienone is 8. The van der Waals surface area contributed by atoms with E-state index >= 15 is 0 Å². The molecule has 0 saturated heterocycles. The molecule has 1 rings (SSSR count). The zero-order valence-corrected chi connectivity index (χ0v) is 8.56. The van der Waals surface area contributed by atoms with E-state index in [2.05, 4.69) is 19.2 Å². The van der Waals surface area contributed by atoms with E-state index in [0.717, 1.165) is 17.6 Å². The number of halogens is 1. The minimum atomic E-state index is 0.579. The number of rotatable bonds is 2. The highest BCUT2D eigenvalue weighted by Gasteiger charge is 2.00. The molecule has 0 nitrogen and oxygen atoms in total. The first-order chi connectivity index (χ1) is 6.11. The molecule has 0 saturated carbocycles. The first kappa shape index (κ1) is 10.1. The molecule has 0 atom stereocenters. The Labute approximate surface area is 84.6 Å². The third-order valence-corrected chi connectivity index (χ3v) is 2.18. The molecule has 0 amide bonds. The van der Waals surface area contributed by atoms with Crippen molar-refractivity contribution in [3.8, 4) is 0 Å². The molecule has 1 aliphatic carbocycles. The lowest BCUT2D eigenvalue weighted by Crippen LogP contribution is -1.79. The van der Waals surface area contributed by atoms with Crippen LogP contribution >= 0.6 is 11.6 Å². The minimum Gasteiger partial charge on any atom is -0.0958 e. The number of hydrogen-bond donors (Lipinski definition) is 0. The zero-order valence-electron chi connectivity index (χ0n) is 7.81. The molecule has 0 N–H and O–H groups in total. The fraction of sp³-hybridized carbons (Fsp3) is 0.167. The lowest BCUT2D eigenvalue weighted by Gasteiger charge is -1.99. The summed E-state index contributed by atoms with van der Waals surface area (Å²) in [6.45, 7) is 9.60. The van der Waals surface area contributed by atoms with Crippen molar-refractivity contribution in [2.45, 2.75) is 13.3 Å². The molecule has 0 heterocycles. The first-order valence-corrected chi connectivity index (χ1v) is 4.57. The Kier molecular flexibility index (Phi) is 3.32. The molecule has 1 aliphatic rings. The van der Waals surface area contributed by atoms with Crippen LogP contribution < -0.4 is 0 Å². The quantitative estimate of drug-likeness (QED) is 0.617. The van der Waals surface area contributed by atoms with Crippen molar-refractivity contribution in [2.24, 2.45) is 0 Å². The van der Waals surface area contributed by atoms with E-state index in [1.54, 1.807) is 0 Å². The van der Waals surface area contributed by atoms with Gasteiger partial charge in [-0.15, -0.1) is 0 Å². The summed E-state index contributed by atoms with van der Waals surface area (Å²) >= 11 is 5.79. The lowest BCUT2D eigenvalue weighted by molar-refractivity contribution is 1.22. The highest BCUT2D eigenvalue weighted by atomic mass is 35.5. The Morgan fingerprint density at radius 2 is 2.08 bits per heavy atom. The average molecular weight is 193 g/mol. The average Bonchev–Trinajstić information content (AvgIpc) is 2.27. The van der Waals surface area contributed by atoms with E-state index in [9.17, 15) is 0 Å². The standard InChI is InChI=1S/C12H13Cl/c1-9(2)11-5-4-6-12(8-7-11)10(3)13/h4,6-8H,1,3,5H2,2H3. The molecule has 0 aromatic carbocycles. The molecule has 68 valence electrons. The summed E-state index contributed by atoms with van der Waals surface area (Å²) in [7, 11) is 0. The lowest BCUT2D eigenvalue weighted by atomic mass is 10.1. The molecule has 0 aliphatic heterocycles. The third kappa shape index (κ3) is 2.74. The van der Waals surface area contributed by atoms with Gasteiger partial charge in [0, 0.05) is 5.03 Å². The second-order valence-corrected chi connectivity index (χ2v) is 3.56. The second kappa shape index (κ2) is 4.29. The van der Waals surface area contributed by atoms with Crippen molar-refractivity contribution in [1.82, 2.24) is 0 Å². The van der Waals surface area contributed by atoms with Crippen LogP contribution in [0, 0.1) is 0 Å². The van der Waals surface area contributed by atoms with E-state index < -0.39 is 0 Å². The molecule has 0 radical (unpaired) electrons. The van der Waals surface area contributed by atoms with Crippen molar-refractivity contribution in [2.75, 3.05) is 0 Å². The summed E-state index contributed by atoms with van der Waals surface area (Å²) < 4.78 is 0. The van der Waals surface area contributed by atoms with Crippen LogP contribution in [0.2, 0.25) is 0 Å². The molecule has 0 fully saturated rings. The van der Waals surface area contributed by atoms with Gasteiger partial charge in [0.1, 0.15) is 0 Å². The van der Waals surface area contributed by atoms with Crippen molar-refractivity contribution >= 4 is 11.6 Å². The van der Waals surface area contributed by atoms with Crippen molar-refractivity contribution in [3.63, 3.8) is 0 Å². The van der Waals surface area contributed by atoms with Crippen LogP contribution in [0.4, 0.5) is 0 Å². The van der Waals surface area contributed by atoms with E-state index in [0.29, 0.717) is 5.03 Å². The smallest absolute Gasteiger partial charge is 0.0406 e. The normalized spacial score (nSPS) is 15.8. The maximum absolute atomic E-state index is 5.79. The second-order valence-electron chi connectivity index (χ2n) is 3.11. The fourth-order valence-electron chi connectivity index (χ4n) is 1.12. The SMILES string of the molecule is C=C(C)C1=CC=C(C(=C)Cl)C=CC1. The van der Waals surface area contributed by atoms with Crippen molar-refractivity contribution in [1.29, 1.82) is 0 Å². The maximum Gasteiger partial charge on any atom is 0.0406 e. The summed E-state index contributed by atoms with van der Waals surface area (Å²) in [6, 6.07) is 0. The number of hydrogen-bond acceptors (Lipinski definition) is 0. The third-order valence-electron chi connectivity index (χ3n) is 1.96. The summed E-state index contributed by atoms with van der Waals surface area (Å²) in [5.41, 5.74) is 3.31. The molecular weight excluding hydrogens is 180 g/mol. The van der Waals surface area contributed by atoms with E-state index in [1.807, 2.05) is 25.2 Å². The van der Waals surface area contributed by atoms with Gasteiger partial charge in [-0.1, -0.05) is 54.6 Å². The van der Waals surface area contributed by atoms with Crippen LogP contribution in [-0.2, 0) is 0 Å². The first-order valence-electron chi connectivity index (χ1n) is 4.19. The van der Waals surface area contributed by atoms with Gasteiger partial charge in [-0.2, -0.15) is 0 Å². The van der Waals surface area contributed by atoms with E-state index in [1.165, 1.54) is 5.57 Å². The zero-order chi connectivity index (χ0) is 9.84. The van der Waals surface area contributed by atoms with Crippen molar-refractivity contribution in [3.05, 3.63) is 59.2 Å². The van der Waals surface area contributed by atoms with Gasteiger partial charge in [0.15, 0.2) is 0 Å². The minimum absolute atomic E-state index is 0.579. The van der Waals surface area contributed by atoms with Gasteiger partial charge in [-0.05, 0) is 24.5 Å². The Bertz CT molecular complexity index is 327. The van der Waals surface area contributed by atoms with Gasteiger partial charge in [0.25, 0.3) is 0 Å². The predicted octanol–water partition coefficient (Wildman–Crippen LogP) is 4.13. The van der Waals surface area contributed by atoms with Gasteiger partial charge >= 0.3 is 0 Å². The molecule has 1 heteroatoms. The van der Waals surface area contributed by atoms with Crippen molar-refractivity contribution < 1.29 is 0 Å². The summed E-state index contributed by atoms with van der Waals surface area (Å²) in [5.74, 6) is 0. The molecule has 0 unspecified atom stereocenters. The summed E-state index contributed by atoms with van der Waals surface area (Å²) in [4.78, 5) is 0.